The Morgan fingerprint density at radius 2 is 2.20 bits per heavy atom. The molecule has 0 aliphatic heterocycles. The van der Waals surface area contributed by atoms with Crippen LogP contribution in [0.2, 0.25) is 0 Å². The molecule has 0 spiro atoms. The van der Waals surface area contributed by atoms with Crippen molar-refractivity contribution in [2.45, 2.75) is 18.5 Å². The van der Waals surface area contributed by atoms with Gasteiger partial charge in [-0.15, -0.1) is 10.2 Å². The number of carboxylic acids is 1. The fraction of sp³-hybridized carbons (Fsp3) is 0.231. The van der Waals surface area contributed by atoms with Gasteiger partial charge in [0.25, 0.3) is 0 Å². The van der Waals surface area contributed by atoms with E-state index in [1.54, 1.807) is 28.9 Å². The first kappa shape index (κ1) is 14.3. The highest BCUT2D eigenvalue weighted by Gasteiger charge is 2.10. The van der Waals surface area contributed by atoms with Crippen LogP contribution in [0.4, 0.5) is 0 Å². The van der Waals surface area contributed by atoms with Gasteiger partial charge in [0.15, 0.2) is 5.82 Å². The smallest absolute Gasteiger partial charge is 0.336 e. The number of hydrogen-bond acceptors (Lipinski definition) is 5. The Kier molecular flexibility index (Phi) is 4.52. The normalized spacial score (nSPS) is 11.1. The molecular weight excluding hydrogens is 276 g/mol. The second-order valence-electron chi connectivity index (χ2n) is 3.91. The highest BCUT2D eigenvalue weighted by atomic mass is 32.2. The van der Waals surface area contributed by atoms with E-state index in [1.807, 2.05) is 13.2 Å². The summed E-state index contributed by atoms with van der Waals surface area (Å²) in [4.78, 5) is 11.1. The number of hydrogen-bond donors (Lipinski definition) is 1. The van der Waals surface area contributed by atoms with Crippen molar-refractivity contribution in [1.29, 1.82) is 0 Å². The predicted octanol–water partition coefficient (Wildman–Crippen LogP) is 2.14. The summed E-state index contributed by atoms with van der Waals surface area (Å²) in [6.45, 7) is 1.96. The minimum Gasteiger partial charge on any atom is -0.478 e. The summed E-state index contributed by atoms with van der Waals surface area (Å²) in [6, 6.07) is 6.72. The number of thioether (sulfide) groups is 1. The topological polar surface area (TPSA) is 80.4 Å². The van der Waals surface area contributed by atoms with Crippen LogP contribution in [0.1, 0.15) is 28.7 Å². The molecule has 0 radical (unpaired) electrons. The van der Waals surface area contributed by atoms with Crippen LogP contribution >= 0.6 is 11.8 Å². The molecule has 0 aliphatic rings. The Balaban J connectivity index is 2.39. The van der Waals surface area contributed by atoms with Gasteiger partial charge in [-0.05, 0) is 12.3 Å². The van der Waals surface area contributed by atoms with Crippen molar-refractivity contribution in [3.8, 4) is 0 Å². The summed E-state index contributed by atoms with van der Waals surface area (Å²) >= 11 is 1.44. The van der Waals surface area contributed by atoms with E-state index >= 15 is 0 Å². The van der Waals surface area contributed by atoms with Crippen molar-refractivity contribution < 1.29 is 9.90 Å². The average Bonchev–Trinajstić information content (AvgIpc) is 2.87. The lowest BCUT2D eigenvalue weighted by Gasteiger charge is -2.02. The van der Waals surface area contributed by atoms with E-state index in [9.17, 15) is 4.79 Å². The zero-order valence-corrected chi connectivity index (χ0v) is 12.0. The molecule has 1 aromatic carbocycles. The van der Waals surface area contributed by atoms with Crippen molar-refractivity contribution in [1.82, 2.24) is 14.9 Å². The monoisotopic (exact) mass is 290 g/mol. The molecule has 0 bridgehead atoms. The molecule has 20 heavy (non-hydrogen) atoms. The summed E-state index contributed by atoms with van der Waals surface area (Å²) in [5, 5.41) is 22.2. The standard InChI is InChI=1S/C13H14N4O2S/c1-3-11-15-16-13(20-2)17(11)14-8-9-6-4-5-7-10(9)12(18)19/h4-8H,3H2,1-2H3,(H,18,19)/b14-8-. The molecule has 0 unspecified atom stereocenters. The quantitative estimate of drug-likeness (QED) is 0.674. The summed E-state index contributed by atoms with van der Waals surface area (Å²) < 4.78 is 1.63. The Morgan fingerprint density at radius 3 is 2.85 bits per heavy atom. The van der Waals surface area contributed by atoms with E-state index in [2.05, 4.69) is 15.3 Å². The van der Waals surface area contributed by atoms with E-state index in [1.165, 1.54) is 18.0 Å². The molecule has 2 rings (SSSR count). The molecule has 0 atom stereocenters. The van der Waals surface area contributed by atoms with Crippen LogP contribution in [0, 0.1) is 0 Å². The van der Waals surface area contributed by atoms with E-state index < -0.39 is 5.97 Å². The molecule has 0 fully saturated rings. The lowest BCUT2D eigenvalue weighted by atomic mass is 10.1. The number of benzene rings is 1. The fourth-order valence-electron chi connectivity index (χ4n) is 1.68. The van der Waals surface area contributed by atoms with Gasteiger partial charge >= 0.3 is 5.97 Å². The van der Waals surface area contributed by atoms with Crippen LogP contribution in [0.15, 0.2) is 34.5 Å². The van der Waals surface area contributed by atoms with Crippen LogP contribution in [0.3, 0.4) is 0 Å². The number of nitrogens with zero attached hydrogens (tertiary/aromatic N) is 4. The SMILES string of the molecule is CCc1nnc(SC)n1/N=C\c1ccccc1C(=O)O. The maximum absolute atomic E-state index is 11.1. The Morgan fingerprint density at radius 1 is 1.45 bits per heavy atom. The van der Waals surface area contributed by atoms with Gasteiger partial charge in [0, 0.05) is 12.0 Å². The molecular formula is C13H14N4O2S. The maximum atomic E-state index is 11.1. The number of aryl methyl sites for hydroxylation is 1. The van der Waals surface area contributed by atoms with Crippen molar-refractivity contribution in [2.24, 2.45) is 5.10 Å². The summed E-state index contributed by atoms with van der Waals surface area (Å²) in [5.74, 6) is -0.241. The number of aromatic nitrogens is 3. The summed E-state index contributed by atoms with van der Waals surface area (Å²) in [5.41, 5.74) is 0.760. The summed E-state index contributed by atoms with van der Waals surface area (Å²) in [7, 11) is 0. The molecule has 1 N–H and O–H groups in total. The molecule has 0 saturated carbocycles. The van der Waals surface area contributed by atoms with E-state index in [4.69, 9.17) is 5.11 Å². The minimum atomic E-state index is -0.975. The van der Waals surface area contributed by atoms with Gasteiger partial charge < -0.3 is 5.11 Å². The largest absolute Gasteiger partial charge is 0.478 e. The van der Waals surface area contributed by atoms with Crippen molar-refractivity contribution in [3.63, 3.8) is 0 Å². The van der Waals surface area contributed by atoms with Crippen LogP contribution < -0.4 is 0 Å². The third-order valence-corrected chi connectivity index (χ3v) is 3.30. The molecule has 0 amide bonds. The highest BCUT2D eigenvalue weighted by Crippen LogP contribution is 2.14. The van der Waals surface area contributed by atoms with E-state index in [-0.39, 0.29) is 5.56 Å². The zero-order valence-electron chi connectivity index (χ0n) is 11.1. The third-order valence-electron chi connectivity index (χ3n) is 2.68. The molecule has 1 heterocycles. The van der Waals surface area contributed by atoms with E-state index in [0.29, 0.717) is 17.1 Å². The molecule has 7 heteroatoms. The van der Waals surface area contributed by atoms with Gasteiger partial charge in [-0.1, -0.05) is 36.9 Å². The molecule has 0 saturated heterocycles. The fourth-order valence-corrected chi connectivity index (χ4v) is 2.13. The number of carboxylic acid groups (broad SMARTS) is 1. The van der Waals surface area contributed by atoms with Gasteiger partial charge in [-0.3, -0.25) is 0 Å². The van der Waals surface area contributed by atoms with Crippen LogP contribution in [0.25, 0.3) is 0 Å². The maximum Gasteiger partial charge on any atom is 0.336 e. The average molecular weight is 290 g/mol. The lowest BCUT2D eigenvalue weighted by Crippen LogP contribution is -2.03. The Bertz CT molecular complexity index is 630. The molecule has 6 nitrogen and oxygen atoms in total. The number of aromatic carboxylic acids is 1. The molecule has 0 aliphatic carbocycles. The third kappa shape index (κ3) is 2.88. The first-order valence-electron chi connectivity index (χ1n) is 6.02. The molecule has 1 aromatic heterocycles. The Labute approximate surface area is 120 Å². The lowest BCUT2D eigenvalue weighted by molar-refractivity contribution is 0.0697. The molecule has 2 aromatic rings. The highest BCUT2D eigenvalue weighted by molar-refractivity contribution is 7.98. The van der Waals surface area contributed by atoms with Crippen molar-refractivity contribution >= 4 is 23.9 Å². The van der Waals surface area contributed by atoms with Gasteiger partial charge in [0.1, 0.15) is 0 Å². The van der Waals surface area contributed by atoms with Gasteiger partial charge in [-0.25, -0.2) is 4.79 Å². The second-order valence-corrected chi connectivity index (χ2v) is 4.68. The van der Waals surface area contributed by atoms with Crippen molar-refractivity contribution in [3.05, 3.63) is 41.2 Å². The minimum absolute atomic E-state index is 0.216. The van der Waals surface area contributed by atoms with Gasteiger partial charge in [0.05, 0.1) is 11.8 Å². The second kappa shape index (κ2) is 6.33. The number of carbonyl (C=O) groups is 1. The van der Waals surface area contributed by atoms with Crippen LogP contribution in [0.5, 0.6) is 0 Å². The van der Waals surface area contributed by atoms with Crippen LogP contribution in [-0.4, -0.2) is 38.4 Å². The first-order chi connectivity index (χ1) is 9.67. The van der Waals surface area contributed by atoms with Gasteiger partial charge in [0.2, 0.25) is 5.16 Å². The predicted molar refractivity (Wildman–Crippen MR) is 77.6 cm³/mol. The first-order valence-corrected chi connectivity index (χ1v) is 7.24. The van der Waals surface area contributed by atoms with Gasteiger partial charge in [-0.2, -0.15) is 9.78 Å². The Hall–Kier alpha value is -2.15. The summed E-state index contributed by atoms with van der Waals surface area (Å²) in [6.07, 6.45) is 4.11. The van der Waals surface area contributed by atoms with E-state index in [0.717, 1.165) is 5.82 Å². The van der Waals surface area contributed by atoms with Crippen molar-refractivity contribution in [2.75, 3.05) is 6.26 Å². The van der Waals surface area contributed by atoms with Crippen LogP contribution in [-0.2, 0) is 6.42 Å². The zero-order chi connectivity index (χ0) is 14.5. The number of rotatable bonds is 5. The molecule has 104 valence electrons.